The Morgan fingerprint density at radius 2 is 1.91 bits per heavy atom. The molecule has 6 heteroatoms. The van der Waals surface area contributed by atoms with E-state index in [2.05, 4.69) is 21.0 Å². The van der Waals surface area contributed by atoms with Crippen LogP contribution in [0.4, 0.5) is 0 Å². The van der Waals surface area contributed by atoms with Gasteiger partial charge in [0.15, 0.2) is 11.5 Å². The van der Waals surface area contributed by atoms with Crippen molar-refractivity contribution in [1.82, 2.24) is 9.78 Å². The first-order valence-electron chi connectivity index (χ1n) is 6.95. The summed E-state index contributed by atoms with van der Waals surface area (Å²) in [6.45, 7) is -0.130. The van der Waals surface area contributed by atoms with Gasteiger partial charge in [0.2, 0.25) is 0 Å². The van der Waals surface area contributed by atoms with Gasteiger partial charge in [0.05, 0.1) is 25.1 Å². The highest BCUT2D eigenvalue weighted by molar-refractivity contribution is 9.10. The standard InChI is InChI=1S/C17H15BrN2O3/c1-23-16-8-11(2-7-15(16)22)17-12(10-21)9-20(19-17)14-5-3-13(18)4-6-14/h2-9,21-22H,10H2,1H3. The van der Waals surface area contributed by atoms with Gasteiger partial charge in [-0.15, -0.1) is 0 Å². The first-order chi connectivity index (χ1) is 11.1. The van der Waals surface area contributed by atoms with Crippen molar-refractivity contribution < 1.29 is 14.9 Å². The molecular weight excluding hydrogens is 360 g/mol. The number of phenolic OH excluding ortho intramolecular Hbond substituents is 1. The number of phenols is 1. The van der Waals surface area contributed by atoms with E-state index >= 15 is 0 Å². The Labute approximate surface area is 141 Å². The first kappa shape index (κ1) is 15.6. The number of hydrogen-bond acceptors (Lipinski definition) is 4. The Kier molecular flexibility index (Phi) is 4.36. The summed E-state index contributed by atoms with van der Waals surface area (Å²) in [5.41, 5.74) is 2.99. The summed E-state index contributed by atoms with van der Waals surface area (Å²) in [5.74, 6) is 0.429. The van der Waals surface area contributed by atoms with Gasteiger partial charge in [0, 0.05) is 21.8 Å². The largest absolute Gasteiger partial charge is 0.504 e. The summed E-state index contributed by atoms with van der Waals surface area (Å²) in [4.78, 5) is 0. The SMILES string of the molecule is COc1cc(-c2nn(-c3ccc(Br)cc3)cc2CO)ccc1O. The molecule has 0 radical (unpaired) electrons. The van der Waals surface area contributed by atoms with Gasteiger partial charge in [-0.25, -0.2) is 4.68 Å². The number of halogens is 1. The molecule has 0 bridgehead atoms. The van der Waals surface area contributed by atoms with Crippen LogP contribution in [0.3, 0.4) is 0 Å². The lowest BCUT2D eigenvalue weighted by atomic mass is 10.1. The van der Waals surface area contributed by atoms with Gasteiger partial charge in [0.25, 0.3) is 0 Å². The Hall–Kier alpha value is -2.31. The summed E-state index contributed by atoms with van der Waals surface area (Å²) >= 11 is 3.40. The van der Waals surface area contributed by atoms with Gasteiger partial charge in [-0.05, 0) is 42.5 Å². The molecule has 2 aromatic carbocycles. The van der Waals surface area contributed by atoms with Crippen molar-refractivity contribution in [3.63, 3.8) is 0 Å². The second-order valence-corrected chi connectivity index (χ2v) is 5.88. The zero-order valence-corrected chi connectivity index (χ0v) is 14.0. The lowest BCUT2D eigenvalue weighted by Gasteiger charge is -2.06. The molecule has 1 heterocycles. The van der Waals surface area contributed by atoms with Gasteiger partial charge in [0.1, 0.15) is 0 Å². The molecule has 23 heavy (non-hydrogen) atoms. The van der Waals surface area contributed by atoms with Crippen LogP contribution in [0.2, 0.25) is 0 Å². The van der Waals surface area contributed by atoms with Crippen LogP contribution < -0.4 is 4.74 Å². The number of benzene rings is 2. The van der Waals surface area contributed by atoms with Gasteiger partial charge < -0.3 is 14.9 Å². The van der Waals surface area contributed by atoms with E-state index in [1.807, 2.05) is 24.3 Å². The Balaban J connectivity index is 2.07. The molecule has 0 aliphatic rings. The van der Waals surface area contributed by atoms with Crippen LogP contribution in [-0.2, 0) is 6.61 Å². The Morgan fingerprint density at radius 1 is 1.17 bits per heavy atom. The monoisotopic (exact) mass is 374 g/mol. The highest BCUT2D eigenvalue weighted by atomic mass is 79.9. The van der Waals surface area contributed by atoms with E-state index in [0.29, 0.717) is 17.0 Å². The summed E-state index contributed by atoms with van der Waals surface area (Å²) in [6.07, 6.45) is 1.79. The van der Waals surface area contributed by atoms with E-state index in [9.17, 15) is 10.2 Å². The third-order valence-electron chi connectivity index (χ3n) is 3.50. The average molecular weight is 375 g/mol. The van der Waals surface area contributed by atoms with Crippen molar-refractivity contribution in [2.24, 2.45) is 0 Å². The van der Waals surface area contributed by atoms with Crippen LogP contribution in [0.15, 0.2) is 53.1 Å². The molecule has 118 valence electrons. The zero-order valence-electron chi connectivity index (χ0n) is 12.4. The fourth-order valence-corrected chi connectivity index (χ4v) is 2.58. The Bertz CT molecular complexity index is 828. The van der Waals surface area contributed by atoms with Crippen molar-refractivity contribution in [3.05, 3.63) is 58.7 Å². The van der Waals surface area contributed by atoms with Crippen LogP contribution in [0.1, 0.15) is 5.56 Å². The number of aromatic nitrogens is 2. The van der Waals surface area contributed by atoms with Crippen molar-refractivity contribution in [2.45, 2.75) is 6.61 Å². The van der Waals surface area contributed by atoms with Crippen LogP contribution in [0.5, 0.6) is 11.5 Å². The number of nitrogens with zero attached hydrogens (tertiary/aromatic N) is 2. The number of aliphatic hydroxyl groups excluding tert-OH is 1. The van der Waals surface area contributed by atoms with E-state index in [1.54, 1.807) is 29.1 Å². The molecule has 0 atom stereocenters. The lowest BCUT2D eigenvalue weighted by molar-refractivity contribution is 0.282. The second kappa shape index (κ2) is 6.44. The molecular formula is C17H15BrN2O3. The number of ether oxygens (including phenoxy) is 1. The topological polar surface area (TPSA) is 67.5 Å². The Morgan fingerprint density at radius 3 is 2.57 bits per heavy atom. The molecule has 2 N–H and O–H groups in total. The van der Waals surface area contributed by atoms with E-state index in [0.717, 1.165) is 15.7 Å². The predicted molar refractivity (Wildman–Crippen MR) is 90.8 cm³/mol. The van der Waals surface area contributed by atoms with Crippen LogP contribution >= 0.6 is 15.9 Å². The number of methoxy groups -OCH3 is 1. The number of rotatable bonds is 4. The third kappa shape index (κ3) is 3.09. The molecule has 0 spiro atoms. The smallest absolute Gasteiger partial charge is 0.161 e. The molecule has 3 aromatic rings. The van der Waals surface area contributed by atoms with Crippen LogP contribution in [-0.4, -0.2) is 27.1 Å². The van der Waals surface area contributed by atoms with Crippen molar-refractivity contribution >= 4 is 15.9 Å². The highest BCUT2D eigenvalue weighted by Crippen LogP contribution is 2.32. The van der Waals surface area contributed by atoms with Crippen molar-refractivity contribution in [1.29, 1.82) is 0 Å². The molecule has 0 saturated carbocycles. The predicted octanol–water partition coefficient (Wildman–Crippen LogP) is 3.51. The average Bonchev–Trinajstić information content (AvgIpc) is 3.00. The maximum atomic E-state index is 9.71. The minimum absolute atomic E-state index is 0.0640. The van der Waals surface area contributed by atoms with E-state index < -0.39 is 0 Å². The summed E-state index contributed by atoms with van der Waals surface area (Å²) in [7, 11) is 1.49. The molecule has 0 unspecified atom stereocenters. The molecule has 3 rings (SSSR count). The molecule has 0 aliphatic heterocycles. The third-order valence-corrected chi connectivity index (χ3v) is 4.03. The van der Waals surface area contributed by atoms with E-state index in [4.69, 9.17) is 4.74 Å². The zero-order chi connectivity index (χ0) is 16.4. The highest BCUT2D eigenvalue weighted by Gasteiger charge is 2.13. The number of hydrogen-bond donors (Lipinski definition) is 2. The molecule has 0 saturated heterocycles. The van der Waals surface area contributed by atoms with Crippen molar-refractivity contribution in [3.8, 4) is 28.4 Å². The molecule has 0 fully saturated rings. The normalized spacial score (nSPS) is 10.7. The molecule has 0 amide bonds. The maximum Gasteiger partial charge on any atom is 0.161 e. The first-order valence-corrected chi connectivity index (χ1v) is 7.74. The number of aliphatic hydroxyl groups is 1. The summed E-state index contributed by atoms with van der Waals surface area (Å²) < 4.78 is 7.83. The summed E-state index contributed by atoms with van der Waals surface area (Å²) in [5, 5.41) is 23.9. The van der Waals surface area contributed by atoms with Crippen LogP contribution in [0.25, 0.3) is 16.9 Å². The van der Waals surface area contributed by atoms with Crippen LogP contribution in [0, 0.1) is 0 Å². The fourth-order valence-electron chi connectivity index (χ4n) is 2.32. The second-order valence-electron chi connectivity index (χ2n) is 4.97. The lowest BCUT2D eigenvalue weighted by Crippen LogP contribution is -1.94. The number of aromatic hydroxyl groups is 1. The van der Waals surface area contributed by atoms with Crippen molar-refractivity contribution in [2.75, 3.05) is 7.11 Å². The van der Waals surface area contributed by atoms with E-state index in [1.165, 1.54) is 7.11 Å². The van der Waals surface area contributed by atoms with Gasteiger partial charge in [-0.1, -0.05) is 15.9 Å². The molecule has 1 aromatic heterocycles. The van der Waals surface area contributed by atoms with Gasteiger partial charge in [-0.3, -0.25) is 0 Å². The molecule has 5 nitrogen and oxygen atoms in total. The van der Waals surface area contributed by atoms with Gasteiger partial charge >= 0.3 is 0 Å². The maximum absolute atomic E-state index is 9.71. The minimum Gasteiger partial charge on any atom is -0.504 e. The fraction of sp³-hybridized carbons (Fsp3) is 0.118. The van der Waals surface area contributed by atoms with Gasteiger partial charge in [-0.2, -0.15) is 5.10 Å². The summed E-state index contributed by atoms with van der Waals surface area (Å²) in [6, 6.07) is 12.7. The van der Waals surface area contributed by atoms with E-state index in [-0.39, 0.29) is 12.4 Å². The quantitative estimate of drug-likeness (QED) is 0.733. The minimum atomic E-state index is -0.130. The molecule has 0 aliphatic carbocycles.